The normalized spacial score (nSPS) is 11.2. The van der Waals surface area contributed by atoms with E-state index in [0.29, 0.717) is 6.54 Å². The van der Waals surface area contributed by atoms with E-state index in [2.05, 4.69) is 19.2 Å². The lowest BCUT2D eigenvalue weighted by atomic mass is 9.92. The molecule has 0 fully saturated rings. The van der Waals surface area contributed by atoms with Crippen LogP contribution in [0.15, 0.2) is 24.3 Å². The molecule has 0 aliphatic heterocycles. The van der Waals surface area contributed by atoms with Gasteiger partial charge in [-0.3, -0.25) is 10.1 Å². The molecule has 0 aliphatic rings. The topological polar surface area (TPSA) is 81.2 Å². The summed E-state index contributed by atoms with van der Waals surface area (Å²) in [6.07, 6.45) is 1.76. The first-order valence-electron chi connectivity index (χ1n) is 5.79. The van der Waals surface area contributed by atoms with E-state index in [9.17, 15) is 10.1 Å². The van der Waals surface area contributed by atoms with E-state index in [1.54, 1.807) is 6.07 Å². The molecule has 0 radical (unpaired) electrons. The minimum absolute atomic E-state index is 0.0909. The molecule has 94 valence electrons. The molecule has 1 aromatic rings. The van der Waals surface area contributed by atoms with Crippen LogP contribution in [0.1, 0.15) is 26.7 Å². The Kier molecular flexibility index (Phi) is 4.45. The molecule has 0 saturated heterocycles. The van der Waals surface area contributed by atoms with Crippen molar-refractivity contribution in [1.82, 2.24) is 0 Å². The van der Waals surface area contributed by atoms with E-state index in [4.69, 9.17) is 5.73 Å². The number of nitro benzene ring substituents is 1. The van der Waals surface area contributed by atoms with Crippen molar-refractivity contribution in [2.75, 3.05) is 11.9 Å². The number of benzene rings is 1. The lowest BCUT2D eigenvalue weighted by Crippen LogP contribution is -2.44. The second-order valence-corrected chi connectivity index (χ2v) is 4.12. The van der Waals surface area contributed by atoms with Crippen LogP contribution in [0.3, 0.4) is 0 Å². The fraction of sp³-hybridized carbons (Fsp3) is 0.500. The van der Waals surface area contributed by atoms with Crippen LogP contribution in [0.25, 0.3) is 0 Å². The highest BCUT2D eigenvalue weighted by molar-refractivity contribution is 5.52. The second-order valence-electron chi connectivity index (χ2n) is 4.12. The van der Waals surface area contributed by atoms with Gasteiger partial charge in [-0.05, 0) is 18.9 Å². The van der Waals surface area contributed by atoms with Crippen molar-refractivity contribution < 1.29 is 4.92 Å². The lowest BCUT2D eigenvalue weighted by Gasteiger charge is -2.32. The zero-order valence-electron chi connectivity index (χ0n) is 10.3. The maximum atomic E-state index is 10.7. The fourth-order valence-corrected chi connectivity index (χ4v) is 1.77. The van der Waals surface area contributed by atoms with E-state index in [0.717, 1.165) is 18.5 Å². The number of non-ortho nitro benzene ring substituents is 1. The van der Waals surface area contributed by atoms with E-state index < -0.39 is 4.92 Å². The molecule has 17 heavy (non-hydrogen) atoms. The van der Waals surface area contributed by atoms with E-state index in [-0.39, 0.29) is 11.2 Å². The quantitative estimate of drug-likeness (QED) is 0.588. The first kappa shape index (κ1) is 13.4. The molecule has 0 unspecified atom stereocenters. The minimum Gasteiger partial charge on any atom is -0.378 e. The minimum atomic E-state index is -0.396. The Morgan fingerprint density at radius 3 is 2.53 bits per heavy atom. The van der Waals surface area contributed by atoms with Crippen LogP contribution >= 0.6 is 0 Å². The third kappa shape index (κ3) is 3.17. The number of nitro groups is 1. The van der Waals surface area contributed by atoms with E-state index >= 15 is 0 Å². The Bertz CT molecular complexity index is 381. The number of hydrogen-bond donors (Lipinski definition) is 2. The fourth-order valence-electron chi connectivity index (χ4n) is 1.77. The molecule has 0 spiro atoms. The highest BCUT2D eigenvalue weighted by atomic mass is 16.6. The maximum Gasteiger partial charge on any atom is 0.271 e. The summed E-state index contributed by atoms with van der Waals surface area (Å²) >= 11 is 0. The molecule has 3 N–H and O–H groups in total. The lowest BCUT2D eigenvalue weighted by molar-refractivity contribution is -0.384. The van der Waals surface area contributed by atoms with Gasteiger partial charge in [-0.2, -0.15) is 0 Å². The summed E-state index contributed by atoms with van der Waals surface area (Å²) in [4.78, 5) is 10.3. The van der Waals surface area contributed by atoms with Gasteiger partial charge in [-0.15, -0.1) is 0 Å². The van der Waals surface area contributed by atoms with E-state index in [1.807, 2.05) is 6.07 Å². The van der Waals surface area contributed by atoms with Gasteiger partial charge in [0, 0.05) is 29.9 Å². The molecule has 0 amide bonds. The van der Waals surface area contributed by atoms with Gasteiger partial charge in [0.15, 0.2) is 0 Å². The number of nitrogens with one attached hydrogen (secondary N) is 1. The van der Waals surface area contributed by atoms with Crippen LogP contribution < -0.4 is 11.1 Å². The Labute approximate surface area is 101 Å². The average Bonchev–Trinajstić information content (AvgIpc) is 2.36. The van der Waals surface area contributed by atoms with Crippen LogP contribution in [-0.4, -0.2) is 17.0 Å². The van der Waals surface area contributed by atoms with Gasteiger partial charge in [0.2, 0.25) is 0 Å². The summed E-state index contributed by atoms with van der Waals surface area (Å²) in [6, 6.07) is 6.51. The summed E-state index contributed by atoms with van der Waals surface area (Å²) in [5, 5.41) is 14.0. The second kappa shape index (κ2) is 5.63. The van der Waals surface area contributed by atoms with Crippen molar-refractivity contribution in [3.05, 3.63) is 34.4 Å². The highest BCUT2D eigenvalue weighted by Gasteiger charge is 2.24. The smallest absolute Gasteiger partial charge is 0.271 e. The monoisotopic (exact) mass is 237 g/mol. The summed E-state index contributed by atoms with van der Waals surface area (Å²) in [7, 11) is 0. The SMILES string of the molecule is CCC(CC)(CN)Nc1cccc([N+](=O)[O-])c1. The Balaban J connectivity index is 2.93. The van der Waals surface area contributed by atoms with Gasteiger partial charge >= 0.3 is 0 Å². The van der Waals surface area contributed by atoms with Crippen molar-refractivity contribution in [3.8, 4) is 0 Å². The first-order chi connectivity index (χ1) is 8.06. The Morgan fingerprint density at radius 2 is 2.06 bits per heavy atom. The molecule has 0 bridgehead atoms. The molecule has 0 heterocycles. The van der Waals surface area contributed by atoms with Gasteiger partial charge in [-0.1, -0.05) is 19.9 Å². The molecule has 1 aromatic carbocycles. The zero-order valence-corrected chi connectivity index (χ0v) is 10.3. The van der Waals surface area contributed by atoms with Crippen LogP contribution in [0, 0.1) is 10.1 Å². The van der Waals surface area contributed by atoms with Crippen LogP contribution in [0.5, 0.6) is 0 Å². The van der Waals surface area contributed by atoms with Gasteiger partial charge in [-0.25, -0.2) is 0 Å². The molecular weight excluding hydrogens is 218 g/mol. The third-order valence-corrected chi connectivity index (χ3v) is 3.21. The molecule has 0 aromatic heterocycles. The summed E-state index contributed by atoms with van der Waals surface area (Å²) in [6.45, 7) is 4.62. The molecule has 5 nitrogen and oxygen atoms in total. The largest absolute Gasteiger partial charge is 0.378 e. The molecule has 1 rings (SSSR count). The molecule has 5 heteroatoms. The highest BCUT2D eigenvalue weighted by Crippen LogP contribution is 2.24. The summed E-state index contributed by atoms with van der Waals surface area (Å²) in [5.74, 6) is 0. The zero-order chi connectivity index (χ0) is 12.9. The van der Waals surface area contributed by atoms with Gasteiger partial charge in [0.05, 0.1) is 4.92 Å². The predicted molar refractivity (Wildman–Crippen MR) is 69.1 cm³/mol. The van der Waals surface area contributed by atoms with Crippen LogP contribution in [0.2, 0.25) is 0 Å². The Morgan fingerprint density at radius 1 is 1.41 bits per heavy atom. The number of rotatable bonds is 6. The molecule has 0 atom stereocenters. The molecular formula is C12H19N3O2. The van der Waals surface area contributed by atoms with Gasteiger partial charge in [0.25, 0.3) is 5.69 Å². The van der Waals surface area contributed by atoms with Crippen molar-refractivity contribution in [2.45, 2.75) is 32.2 Å². The van der Waals surface area contributed by atoms with E-state index in [1.165, 1.54) is 12.1 Å². The first-order valence-corrected chi connectivity index (χ1v) is 5.79. The van der Waals surface area contributed by atoms with Crippen molar-refractivity contribution in [1.29, 1.82) is 0 Å². The maximum absolute atomic E-state index is 10.7. The number of hydrogen-bond acceptors (Lipinski definition) is 4. The standard InChI is InChI=1S/C12H19N3O2/c1-3-12(4-2,9-13)14-10-6-5-7-11(8-10)15(16)17/h5-8,14H,3-4,9,13H2,1-2H3. The number of anilines is 1. The number of nitrogens with zero attached hydrogens (tertiary/aromatic N) is 1. The van der Waals surface area contributed by atoms with Crippen molar-refractivity contribution >= 4 is 11.4 Å². The third-order valence-electron chi connectivity index (χ3n) is 3.21. The Hall–Kier alpha value is -1.62. The van der Waals surface area contributed by atoms with Gasteiger partial charge < -0.3 is 11.1 Å². The van der Waals surface area contributed by atoms with Crippen LogP contribution in [-0.2, 0) is 0 Å². The average molecular weight is 237 g/mol. The summed E-state index contributed by atoms with van der Waals surface area (Å²) < 4.78 is 0. The molecule has 0 saturated carbocycles. The number of nitrogens with two attached hydrogens (primary N) is 1. The van der Waals surface area contributed by atoms with Gasteiger partial charge in [0.1, 0.15) is 0 Å². The van der Waals surface area contributed by atoms with Crippen molar-refractivity contribution in [3.63, 3.8) is 0 Å². The molecule has 0 aliphatic carbocycles. The van der Waals surface area contributed by atoms with Crippen LogP contribution in [0.4, 0.5) is 11.4 Å². The predicted octanol–water partition coefficient (Wildman–Crippen LogP) is 2.52. The summed E-state index contributed by atoms with van der Waals surface area (Å²) in [5.41, 5.74) is 6.43. The van der Waals surface area contributed by atoms with Crippen molar-refractivity contribution in [2.24, 2.45) is 5.73 Å².